The Kier molecular flexibility index (Phi) is 3.06. The third-order valence-corrected chi connectivity index (χ3v) is 3.01. The Balaban J connectivity index is 1.86. The average Bonchev–Trinajstić information content (AvgIpc) is 3.14. The third kappa shape index (κ3) is 2.83. The number of anilines is 3. The Hall–Kier alpha value is -2.11. The van der Waals surface area contributed by atoms with Gasteiger partial charge in [-0.3, -0.25) is 4.68 Å². The van der Waals surface area contributed by atoms with Crippen LogP contribution in [0.4, 0.5) is 17.5 Å². The molecule has 0 radical (unpaired) electrons. The van der Waals surface area contributed by atoms with Crippen LogP contribution in [0.25, 0.3) is 0 Å². The van der Waals surface area contributed by atoms with Crippen LogP contribution in [0.3, 0.4) is 0 Å². The molecule has 0 bridgehead atoms. The number of aromatic nitrogens is 4. The lowest BCUT2D eigenvalue weighted by atomic mass is 10.3. The van der Waals surface area contributed by atoms with Crippen molar-refractivity contribution in [1.29, 1.82) is 0 Å². The lowest BCUT2D eigenvalue weighted by Gasteiger charge is -2.08. The zero-order valence-electron chi connectivity index (χ0n) is 11.2. The lowest BCUT2D eigenvalue weighted by molar-refractivity contribution is 0.771. The van der Waals surface area contributed by atoms with E-state index in [2.05, 4.69) is 32.6 Å². The van der Waals surface area contributed by atoms with E-state index in [0.29, 0.717) is 5.92 Å². The highest BCUT2D eigenvalue weighted by Gasteiger charge is 2.27. The quantitative estimate of drug-likeness (QED) is 0.861. The van der Waals surface area contributed by atoms with Crippen LogP contribution < -0.4 is 10.6 Å². The van der Waals surface area contributed by atoms with Crippen molar-refractivity contribution in [2.45, 2.75) is 25.7 Å². The average molecular weight is 258 g/mol. The summed E-state index contributed by atoms with van der Waals surface area (Å²) in [5.74, 6) is 3.93. The molecular formula is C13H18N6. The molecule has 0 unspecified atom stereocenters. The molecule has 0 amide bonds. The molecular weight excluding hydrogens is 240 g/mol. The van der Waals surface area contributed by atoms with Crippen molar-refractivity contribution >= 4 is 17.5 Å². The van der Waals surface area contributed by atoms with Gasteiger partial charge in [0.1, 0.15) is 17.5 Å². The zero-order chi connectivity index (χ0) is 13.2. The van der Waals surface area contributed by atoms with Gasteiger partial charge in [0.25, 0.3) is 0 Å². The van der Waals surface area contributed by atoms with E-state index < -0.39 is 0 Å². The molecule has 0 atom stereocenters. The van der Waals surface area contributed by atoms with Gasteiger partial charge in [0.05, 0.1) is 0 Å². The number of nitrogens with one attached hydrogen (secondary N) is 2. The molecule has 1 saturated carbocycles. The minimum absolute atomic E-state index is 0.530. The highest BCUT2D eigenvalue weighted by Crippen LogP contribution is 2.39. The molecule has 19 heavy (non-hydrogen) atoms. The number of hydrogen-bond acceptors (Lipinski definition) is 5. The normalized spacial score (nSPS) is 14.4. The molecule has 6 heteroatoms. The zero-order valence-corrected chi connectivity index (χ0v) is 11.2. The molecule has 2 heterocycles. The van der Waals surface area contributed by atoms with Crippen molar-refractivity contribution in [3.05, 3.63) is 24.2 Å². The molecule has 0 aromatic carbocycles. The Morgan fingerprint density at radius 1 is 1.26 bits per heavy atom. The van der Waals surface area contributed by atoms with Crippen molar-refractivity contribution in [2.75, 3.05) is 17.2 Å². The van der Waals surface area contributed by atoms with Crippen LogP contribution in [-0.4, -0.2) is 26.3 Å². The Labute approximate surface area is 112 Å². The van der Waals surface area contributed by atoms with E-state index in [1.165, 1.54) is 12.8 Å². The van der Waals surface area contributed by atoms with Crippen LogP contribution in [-0.2, 0) is 7.05 Å². The molecule has 2 N–H and O–H groups in total. The van der Waals surface area contributed by atoms with Gasteiger partial charge in [-0.25, -0.2) is 9.97 Å². The predicted octanol–water partition coefficient (Wildman–Crippen LogP) is 2.26. The van der Waals surface area contributed by atoms with Crippen molar-refractivity contribution in [3.8, 4) is 0 Å². The fraction of sp³-hybridized carbons (Fsp3) is 0.462. The topological polar surface area (TPSA) is 67.7 Å². The predicted molar refractivity (Wildman–Crippen MR) is 74.7 cm³/mol. The summed E-state index contributed by atoms with van der Waals surface area (Å²) in [5.41, 5.74) is 0. The first kappa shape index (κ1) is 12.0. The van der Waals surface area contributed by atoms with Gasteiger partial charge in [-0.2, -0.15) is 5.10 Å². The van der Waals surface area contributed by atoms with E-state index in [0.717, 1.165) is 29.8 Å². The fourth-order valence-electron chi connectivity index (χ4n) is 1.94. The monoisotopic (exact) mass is 258 g/mol. The minimum atomic E-state index is 0.530. The highest BCUT2D eigenvalue weighted by atomic mass is 15.3. The number of aryl methyl sites for hydroxylation is 1. The molecule has 100 valence electrons. The molecule has 1 aliphatic rings. The van der Waals surface area contributed by atoms with Gasteiger partial charge in [-0.15, -0.1) is 0 Å². The Morgan fingerprint density at radius 2 is 2.05 bits per heavy atom. The summed E-state index contributed by atoms with van der Waals surface area (Å²) in [4.78, 5) is 9.11. The molecule has 0 aliphatic heterocycles. The van der Waals surface area contributed by atoms with Crippen LogP contribution in [0.2, 0.25) is 0 Å². The van der Waals surface area contributed by atoms with Crippen molar-refractivity contribution in [1.82, 2.24) is 19.7 Å². The van der Waals surface area contributed by atoms with Gasteiger partial charge in [0.15, 0.2) is 5.82 Å². The molecule has 2 aromatic heterocycles. The van der Waals surface area contributed by atoms with Crippen LogP contribution in [0.5, 0.6) is 0 Å². The van der Waals surface area contributed by atoms with Gasteiger partial charge in [0.2, 0.25) is 0 Å². The fourth-order valence-corrected chi connectivity index (χ4v) is 1.94. The molecule has 2 aromatic rings. The Bertz CT molecular complexity index is 572. The molecule has 1 aliphatic carbocycles. The van der Waals surface area contributed by atoms with Gasteiger partial charge in [0, 0.05) is 37.8 Å². The summed E-state index contributed by atoms with van der Waals surface area (Å²) in [6, 6.07) is 3.84. The maximum absolute atomic E-state index is 4.57. The smallest absolute Gasteiger partial charge is 0.153 e. The van der Waals surface area contributed by atoms with Gasteiger partial charge in [-0.05, 0) is 19.8 Å². The molecule has 3 rings (SSSR count). The van der Waals surface area contributed by atoms with E-state index in [1.54, 1.807) is 4.68 Å². The molecule has 0 spiro atoms. The van der Waals surface area contributed by atoms with Crippen molar-refractivity contribution < 1.29 is 0 Å². The number of nitrogens with zero attached hydrogens (tertiary/aromatic N) is 4. The summed E-state index contributed by atoms with van der Waals surface area (Å²) in [6.45, 7) is 2.91. The van der Waals surface area contributed by atoms with Crippen molar-refractivity contribution in [3.63, 3.8) is 0 Å². The van der Waals surface area contributed by atoms with E-state index in [-0.39, 0.29) is 0 Å². The lowest BCUT2D eigenvalue weighted by Crippen LogP contribution is -2.05. The standard InChI is InChI=1S/C13H18N6/c1-3-14-11-8-12(15-10-6-7-19(2)18-10)17-13(16-11)9-4-5-9/h6-9H,3-5H2,1-2H3,(H2,14,15,16,17,18). The van der Waals surface area contributed by atoms with Gasteiger partial charge >= 0.3 is 0 Å². The molecule has 1 fully saturated rings. The van der Waals surface area contributed by atoms with Crippen molar-refractivity contribution in [2.24, 2.45) is 7.05 Å². The van der Waals surface area contributed by atoms with E-state index in [9.17, 15) is 0 Å². The minimum Gasteiger partial charge on any atom is -0.370 e. The van der Waals surface area contributed by atoms with E-state index in [1.807, 2.05) is 25.4 Å². The maximum atomic E-state index is 4.57. The summed E-state index contributed by atoms with van der Waals surface area (Å²) in [6.07, 6.45) is 4.29. The van der Waals surface area contributed by atoms with Crippen LogP contribution in [0.15, 0.2) is 18.3 Å². The van der Waals surface area contributed by atoms with E-state index in [4.69, 9.17) is 0 Å². The summed E-state index contributed by atoms with van der Waals surface area (Å²) >= 11 is 0. The van der Waals surface area contributed by atoms with Crippen LogP contribution in [0.1, 0.15) is 31.5 Å². The maximum Gasteiger partial charge on any atom is 0.153 e. The second-order valence-electron chi connectivity index (χ2n) is 4.80. The van der Waals surface area contributed by atoms with Gasteiger partial charge in [-0.1, -0.05) is 0 Å². The first-order valence-electron chi connectivity index (χ1n) is 6.64. The molecule has 0 saturated heterocycles. The van der Waals surface area contributed by atoms with Crippen LogP contribution >= 0.6 is 0 Å². The number of rotatable bonds is 5. The number of hydrogen-bond donors (Lipinski definition) is 2. The summed E-state index contributed by atoms with van der Waals surface area (Å²) in [7, 11) is 1.89. The SMILES string of the molecule is CCNc1cc(Nc2ccn(C)n2)nc(C2CC2)n1. The van der Waals surface area contributed by atoms with Crippen LogP contribution in [0, 0.1) is 0 Å². The summed E-state index contributed by atoms with van der Waals surface area (Å²) < 4.78 is 1.76. The van der Waals surface area contributed by atoms with Gasteiger partial charge < -0.3 is 10.6 Å². The van der Waals surface area contributed by atoms with E-state index >= 15 is 0 Å². The first-order valence-corrected chi connectivity index (χ1v) is 6.64. The highest BCUT2D eigenvalue weighted by molar-refractivity contribution is 5.56. The largest absolute Gasteiger partial charge is 0.370 e. The summed E-state index contributed by atoms with van der Waals surface area (Å²) in [5, 5.41) is 10.8. The second-order valence-corrected chi connectivity index (χ2v) is 4.80. The first-order chi connectivity index (χ1) is 9.24. The second kappa shape index (κ2) is 4.87. The molecule has 6 nitrogen and oxygen atoms in total. The third-order valence-electron chi connectivity index (χ3n) is 3.01. The Morgan fingerprint density at radius 3 is 2.68 bits per heavy atom.